The molecule has 2 aromatic heterocycles. The summed E-state index contributed by atoms with van der Waals surface area (Å²) in [6, 6.07) is 11.3. The number of thiazole rings is 2. The molecule has 0 atom stereocenters. The molecule has 2 aliphatic rings. The number of imide groups is 1. The number of carbonyl (C=O) groups is 4. The smallest absolute Gasteiger partial charge is 0.323 e. The van der Waals surface area contributed by atoms with Gasteiger partial charge in [-0.1, -0.05) is 42.1 Å². The van der Waals surface area contributed by atoms with Crippen LogP contribution in [0.25, 0.3) is 21.8 Å². The van der Waals surface area contributed by atoms with E-state index in [2.05, 4.69) is 0 Å². The molecule has 4 N–H and O–H groups in total. The third-order valence-electron chi connectivity index (χ3n) is 7.97. The number of allylic oxidation sites excluding steroid dienone is 1. The van der Waals surface area contributed by atoms with Gasteiger partial charge in [0.2, 0.25) is 0 Å². The Balaban J connectivity index is 1.57. The number of carbonyl (C=O) groups excluding carboxylic acids is 2. The van der Waals surface area contributed by atoms with E-state index in [1.54, 1.807) is 11.0 Å². The highest BCUT2D eigenvalue weighted by atomic mass is 32.2. The van der Waals surface area contributed by atoms with Gasteiger partial charge in [-0.15, -0.1) is 22.7 Å². The number of aliphatic carboxylic acids is 2. The van der Waals surface area contributed by atoms with Crippen LogP contribution in [0, 0.1) is 9.20 Å². The maximum Gasteiger partial charge on any atom is 0.323 e. The summed E-state index contributed by atoms with van der Waals surface area (Å²) < 4.78 is 66.1. The fourth-order valence-electron chi connectivity index (χ4n) is 5.64. The first kappa shape index (κ1) is 40.1. The van der Waals surface area contributed by atoms with Crippen LogP contribution in [0.2, 0.25) is 0 Å². The van der Waals surface area contributed by atoms with Gasteiger partial charge >= 0.3 is 11.9 Å². The van der Waals surface area contributed by atoms with Crippen molar-refractivity contribution in [1.82, 2.24) is 14.0 Å². The van der Waals surface area contributed by atoms with Crippen molar-refractivity contribution < 1.29 is 55.3 Å². The van der Waals surface area contributed by atoms with Crippen molar-refractivity contribution >= 4 is 117 Å². The number of fused-ring (bicyclic) bond motifs is 3. The van der Waals surface area contributed by atoms with Crippen LogP contribution >= 0.6 is 46.2 Å². The molecule has 1 fully saturated rings. The molecule has 18 nitrogen and oxygen atoms in total. The van der Waals surface area contributed by atoms with Gasteiger partial charge < -0.3 is 15.1 Å². The number of amides is 2. The van der Waals surface area contributed by atoms with Crippen molar-refractivity contribution in [1.29, 1.82) is 0 Å². The lowest BCUT2D eigenvalue weighted by Gasteiger charge is -2.20. The average molecular weight is 871 g/mol. The summed E-state index contributed by atoms with van der Waals surface area (Å²) >= 11 is 2.86. The van der Waals surface area contributed by atoms with Gasteiger partial charge in [0.25, 0.3) is 42.5 Å². The molecule has 0 bridgehead atoms. The zero-order chi connectivity index (χ0) is 40.0. The number of carboxylic acid groups (broad SMARTS) is 2. The monoisotopic (exact) mass is 870 g/mol. The molecule has 2 amide bonds. The summed E-state index contributed by atoms with van der Waals surface area (Å²) in [5.41, 5.74) is -1.08. The quantitative estimate of drug-likeness (QED) is 0.144. The van der Waals surface area contributed by atoms with E-state index in [1.165, 1.54) is 17.8 Å². The van der Waals surface area contributed by atoms with Crippen molar-refractivity contribution in [2.45, 2.75) is 24.4 Å². The normalized spacial score (nSPS) is 17.6. The molecule has 2 aliphatic heterocycles. The van der Waals surface area contributed by atoms with Crippen LogP contribution in [0.3, 0.4) is 0 Å². The molecule has 24 heteroatoms. The molecule has 4 heterocycles. The lowest BCUT2D eigenvalue weighted by atomic mass is 10.1. The van der Waals surface area contributed by atoms with Gasteiger partial charge in [0.1, 0.15) is 31.9 Å². The number of hydrogen-bond acceptors (Lipinski definition) is 15. The van der Waals surface area contributed by atoms with Gasteiger partial charge in [-0.3, -0.25) is 51.9 Å². The Hall–Kier alpha value is -4.56. The minimum Gasteiger partial charge on any atom is -0.480 e. The molecule has 1 saturated heterocycles. The second-order valence-electron chi connectivity index (χ2n) is 11.7. The topological polar surface area (TPSA) is 268 Å². The highest BCUT2D eigenvalue weighted by Crippen LogP contribution is 2.49. The standard InChI is InChI=1S/C31H26N4O14S6/c36-21(37)14-34-27(41)24(52-30(34)25-28(42)35(15-22(38)39)31(43)53-25)29-33(11-13-55(47,48)49)26(40)19(50-29)8-9-20-32(10-3-12-54(44,45)46)18-7-6-16-4-1-2-5-17(16)23(18)51-20/h1-2,4-9H,3,10-15H2,(H,36,37)(H,38,39)(H,44,45,46)(H,47,48,49)/b19-8?,20-9?,29-24+,30-25+. The summed E-state index contributed by atoms with van der Waals surface area (Å²) in [7, 11) is -8.92. The molecule has 0 saturated carbocycles. The summed E-state index contributed by atoms with van der Waals surface area (Å²) in [6.45, 7) is -2.50. The maximum atomic E-state index is 13.9. The Kier molecular flexibility index (Phi) is 11.3. The van der Waals surface area contributed by atoms with Crippen LogP contribution < -0.4 is 25.2 Å². The summed E-state index contributed by atoms with van der Waals surface area (Å²) in [4.78, 5) is 79.0. The Morgan fingerprint density at radius 3 is 2.09 bits per heavy atom. The highest BCUT2D eigenvalue weighted by molar-refractivity contribution is 8.23. The van der Waals surface area contributed by atoms with E-state index in [1.807, 2.05) is 36.4 Å². The summed E-state index contributed by atoms with van der Waals surface area (Å²) in [6.07, 6.45) is 2.99. The van der Waals surface area contributed by atoms with E-state index in [0.717, 1.165) is 37.3 Å². The molecular weight excluding hydrogens is 845 g/mol. The van der Waals surface area contributed by atoms with Gasteiger partial charge in [-0.2, -0.15) is 16.8 Å². The van der Waals surface area contributed by atoms with Gasteiger partial charge in [0.15, 0.2) is 0 Å². The van der Waals surface area contributed by atoms with Crippen molar-refractivity contribution in [3.63, 3.8) is 0 Å². The first-order chi connectivity index (χ1) is 25.8. The Morgan fingerprint density at radius 2 is 1.42 bits per heavy atom. The van der Waals surface area contributed by atoms with Gasteiger partial charge in [0, 0.05) is 18.0 Å². The Bertz CT molecular complexity index is 2930. The summed E-state index contributed by atoms with van der Waals surface area (Å²) in [5.74, 6) is -5.59. The van der Waals surface area contributed by atoms with Crippen molar-refractivity contribution in [2.75, 3.05) is 29.5 Å². The highest BCUT2D eigenvalue weighted by Gasteiger charge is 2.38. The average Bonchev–Trinajstić information content (AvgIpc) is 3.79. The molecule has 2 aromatic carbocycles. The van der Waals surface area contributed by atoms with E-state index in [9.17, 15) is 59.8 Å². The molecule has 6 rings (SSSR count). The second-order valence-corrected chi connectivity index (χ2v) is 18.9. The number of rotatable bonds is 12. The summed E-state index contributed by atoms with van der Waals surface area (Å²) in [5, 5.41) is 20.2. The van der Waals surface area contributed by atoms with E-state index >= 15 is 0 Å². The zero-order valence-electron chi connectivity index (χ0n) is 27.7. The lowest BCUT2D eigenvalue weighted by Crippen LogP contribution is -2.35. The van der Waals surface area contributed by atoms with Crippen LogP contribution in [0.4, 0.5) is 10.5 Å². The number of aromatic nitrogens is 2. The van der Waals surface area contributed by atoms with Crippen LogP contribution in [0.5, 0.6) is 0 Å². The number of carboxylic acids is 2. The molecule has 0 radical (unpaired) electrons. The van der Waals surface area contributed by atoms with Crippen LogP contribution in [-0.2, 0) is 47.7 Å². The van der Waals surface area contributed by atoms with Crippen molar-refractivity contribution in [3.8, 4) is 0 Å². The largest absolute Gasteiger partial charge is 0.480 e. The number of anilines is 1. The van der Waals surface area contributed by atoms with Crippen molar-refractivity contribution in [2.24, 2.45) is 0 Å². The Labute approximate surface area is 325 Å². The SMILES string of the molecule is O=C(O)CN1C(=O)S/C(=c2/s/c(=c3/sc(=CC=C4Sc5c(ccc6ccccc56)N4CCCS(=O)(=O)O)c(=O)n3CCS(=O)(=O)O)c(=O)n2CC(=O)O)C1=O. The molecule has 0 spiro atoms. The van der Waals surface area contributed by atoms with E-state index in [-0.39, 0.29) is 43.1 Å². The molecule has 4 aromatic rings. The van der Waals surface area contributed by atoms with Crippen LogP contribution in [0.15, 0.2) is 62.0 Å². The first-order valence-electron chi connectivity index (χ1n) is 15.6. The molecule has 55 heavy (non-hydrogen) atoms. The van der Waals surface area contributed by atoms with E-state index in [4.69, 9.17) is 5.11 Å². The minimum atomic E-state index is -4.65. The number of benzene rings is 2. The van der Waals surface area contributed by atoms with Gasteiger partial charge in [-0.05, 0) is 47.2 Å². The number of thioether (sulfide) groups is 2. The fourth-order valence-corrected chi connectivity index (χ4v) is 11.1. The molecule has 0 unspecified atom stereocenters. The fraction of sp³-hybridized carbons (Fsp3) is 0.226. The Morgan fingerprint density at radius 1 is 0.727 bits per heavy atom. The van der Waals surface area contributed by atoms with E-state index in [0.29, 0.717) is 25.8 Å². The minimum absolute atomic E-state index is 0.0391. The van der Waals surface area contributed by atoms with Crippen LogP contribution in [0.1, 0.15) is 6.42 Å². The first-order valence-corrected chi connectivity index (χ1v) is 22.1. The molecule has 290 valence electrons. The lowest BCUT2D eigenvalue weighted by molar-refractivity contribution is -0.140. The third kappa shape index (κ3) is 8.65. The molecule has 0 aliphatic carbocycles. The van der Waals surface area contributed by atoms with Gasteiger partial charge in [-0.25, -0.2) is 0 Å². The maximum absolute atomic E-state index is 13.9. The van der Waals surface area contributed by atoms with Crippen molar-refractivity contribution in [3.05, 3.63) is 86.6 Å². The number of hydrogen-bond donors (Lipinski definition) is 4. The predicted molar refractivity (Wildman–Crippen MR) is 205 cm³/mol. The zero-order valence-corrected chi connectivity index (χ0v) is 32.6. The second kappa shape index (κ2) is 15.5. The van der Waals surface area contributed by atoms with Crippen LogP contribution in [-0.4, -0.2) is 97.9 Å². The van der Waals surface area contributed by atoms with E-state index < -0.39 is 90.5 Å². The molecular formula is C31H26N4O14S6. The predicted octanol–water partition coefficient (Wildman–Crippen LogP) is 0.946. The van der Waals surface area contributed by atoms with Gasteiger partial charge in [0.05, 0.1) is 26.8 Å². The number of nitrogens with zero attached hydrogens (tertiary/aromatic N) is 4. The third-order valence-corrected chi connectivity index (χ3v) is 14.2.